The quantitative estimate of drug-likeness (QED) is 0.664. The summed E-state index contributed by atoms with van der Waals surface area (Å²) in [6, 6.07) is 0. The average molecular weight is 203 g/mol. The molecule has 0 aliphatic carbocycles. The second-order valence-electron chi connectivity index (χ2n) is 3.76. The number of hydrogen-bond acceptors (Lipinski definition) is 3. The summed E-state index contributed by atoms with van der Waals surface area (Å²) in [5.41, 5.74) is 3.40. The van der Waals surface area contributed by atoms with Crippen LogP contribution in [0.3, 0.4) is 0 Å². The molecule has 0 aliphatic rings. The monoisotopic (exact) mass is 203 g/mol. The fraction of sp³-hybridized carbons (Fsp3) is 0.364. The molecule has 0 saturated carbocycles. The predicted octanol–water partition coefficient (Wildman–Crippen LogP) is 1.79. The van der Waals surface area contributed by atoms with E-state index >= 15 is 0 Å². The molecule has 0 saturated heterocycles. The topological polar surface area (TPSA) is 47.8 Å². The number of carbonyl (C=O) groups is 1. The van der Waals surface area contributed by atoms with Gasteiger partial charge in [-0.1, -0.05) is 0 Å². The van der Waals surface area contributed by atoms with Crippen molar-refractivity contribution in [3.8, 4) is 0 Å². The number of ketones is 1. The maximum Gasteiger partial charge on any atom is 0.161 e. The van der Waals surface area contributed by atoms with Crippen molar-refractivity contribution in [3.05, 3.63) is 23.0 Å². The second-order valence-corrected chi connectivity index (χ2v) is 3.76. The number of Topliss-reactive ketones (excluding diaryl/α,β-unsaturated/α-hetero) is 1. The van der Waals surface area contributed by atoms with Crippen LogP contribution < -0.4 is 0 Å². The van der Waals surface area contributed by atoms with Gasteiger partial charge in [0.15, 0.2) is 11.4 Å². The molecule has 0 amide bonds. The maximum atomic E-state index is 11.4. The predicted molar refractivity (Wildman–Crippen MR) is 58.0 cm³/mol. The normalized spacial score (nSPS) is 10.9. The Balaban J connectivity index is 2.89. The van der Waals surface area contributed by atoms with Crippen molar-refractivity contribution in [2.24, 2.45) is 7.05 Å². The summed E-state index contributed by atoms with van der Waals surface area (Å²) in [5.74, 6) is 0.0464. The molecule has 4 heteroatoms. The highest BCUT2D eigenvalue weighted by molar-refractivity contribution is 5.99. The Hall–Kier alpha value is -1.71. The number of pyridine rings is 1. The van der Waals surface area contributed by atoms with E-state index in [1.807, 2.05) is 20.9 Å². The zero-order valence-electron chi connectivity index (χ0n) is 9.33. The lowest BCUT2D eigenvalue weighted by atomic mass is 10.0. The van der Waals surface area contributed by atoms with Gasteiger partial charge in [-0.2, -0.15) is 5.10 Å². The Morgan fingerprint density at radius 3 is 2.67 bits per heavy atom. The summed E-state index contributed by atoms with van der Waals surface area (Å²) >= 11 is 0. The molecule has 0 unspecified atom stereocenters. The largest absolute Gasteiger partial charge is 0.294 e. The number of aryl methyl sites for hydroxylation is 3. The summed E-state index contributed by atoms with van der Waals surface area (Å²) in [4.78, 5) is 15.6. The lowest BCUT2D eigenvalue weighted by Crippen LogP contribution is -1.99. The molecule has 0 spiro atoms. The van der Waals surface area contributed by atoms with Gasteiger partial charge in [-0.3, -0.25) is 9.48 Å². The highest BCUT2D eigenvalue weighted by Gasteiger charge is 2.13. The van der Waals surface area contributed by atoms with Crippen LogP contribution in [0.5, 0.6) is 0 Å². The number of carbonyl (C=O) groups excluding carboxylic acids is 1. The lowest BCUT2D eigenvalue weighted by Gasteiger charge is -2.02. The molecule has 15 heavy (non-hydrogen) atoms. The third kappa shape index (κ3) is 1.33. The van der Waals surface area contributed by atoms with Crippen molar-refractivity contribution >= 4 is 16.8 Å². The first-order valence-electron chi connectivity index (χ1n) is 4.82. The number of aromatic nitrogens is 3. The Morgan fingerprint density at radius 2 is 2.07 bits per heavy atom. The molecule has 4 nitrogen and oxygen atoms in total. The molecule has 0 aliphatic heterocycles. The smallest absolute Gasteiger partial charge is 0.161 e. The first kappa shape index (κ1) is 9.83. The van der Waals surface area contributed by atoms with Crippen molar-refractivity contribution in [3.63, 3.8) is 0 Å². The van der Waals surface area contributed by atoms with Crippen LogP contribution in [0.15, 0.2) is 6.20 Å². The highest BCUT2D eigenvalue weighted by Crippen LogP contribution is 2.22. The SMILES string of the molecule is CC(=O)c1cnc2c(c(C)nn2C)c1C. The van der Waals surface area contributed by atoms with Gasteiger partial charge < -0.3 is 0 Å². The van der Waals surface area contributed by atoms with Crippen LogP contribution in [0.25, 0.3) is 11.0 Å². The first-order chi connectivity index (χ1) is 7.02. The molecule has 2 heterocycles. The van der Waals surface area contributed by atoms with Crippen molar-refractivity contribution in [1.29, 1.82) is 0 Å². The molecule has 2 aromatic heterocycles. The van der Waals surface area contributed by atoms with Crippen molar-refractivity contribution in [1.82, 2.24) is 14.8 Å². The minimum absolute atomic E-state index is 0.0464. The van der Waals surface area contributed by atoms with Crippen LogP contribution in [-0.2, 0) is 7.05 Å². The van der Waals surface area contributed by atoms with Crippen LogP contribution in [0, 0.1) is 13.8 Å². The van der Waals surface area contributed by atoms with E-state index in [2.05, 4.69) is 10.1 Å². The van der Waals surface area contributed by atoms with Gasteiger partial charge in [0.1, 0.15) is 0 Å². The van der Waals surface area contributed by atoms with Crippen LogP contribution in [0.4, 0.5) is 0 Å². The van der Waals surface area contributed by atoms with Gasteiger partial charge in [-0.25, -0.2) is 4.98 Å². The molecule has 0 radical (unpaired) electrons. The number of nitrogens with zero attached hydrogens (tertiary/aromatic N) is 3. The maximum absolute atomic E-state index is 11.4. The van der Waals surface area contributed by atoms with Crippen molar-refractivity contribution in [2.75, 3.05) is 0 Å². The third-order valence-electron chi connectivity index (χ3n) is 2.67. The van der Waals surface area contributed by atoms with Crippen molar-refractivity contribution < 1.29 is 4.79 Å². The summed E-state index contributed by atoms with van der Waals surface area (Å²) in [6.07, 6.45) is 1.63. The summed E-state index contributed by atoms with van der Waals surface area (Å²) in [6.45, 7) is 5.43. The summed E-state index contributed by atoms with van der Waals surface area (Å²) in [7, 11) is 1.86. The van der Waals surface area contributed by atoms with Gasteiger partial charge in [0.25, 0.3) is 0 Å². The minimum Gasteiger partial charge on any atom is -0.294 e. The van der Waals surface area contributed by atoms with E-state index < -0.39 is 0 Å². The zero-order valence-corrected chi connectivity index (χ0v) is 9.33. The van der Waals surface area contributed by atoms with Gasteiger partial charge in [0.05, 0.1) is 5.69 Å². The van der Waals surface area contributed by atoms with E-state index in [0.717, 1.165) is 22.3 Å². The molecule has 0 N–H and O–H groups in total. The highest BCUT2D eigenvalue weighted by atomic mass is 16.1. The van der Waals surface area contributed by atoms with E-state index in [4.69, 9.17) is 0 Å². The first-order valence-corrected chi connectivity index (χ1v) is 4.82. The lowest BCUT2D eigenvalue weighted by molar-refractivity contribution is 0.101. The standard InChI is InChI=1S/C11H13N3O/c1-6-9(8(3)15)5-12-11-10(6)7(2)13-14(11)4/h5H,1-4H3. The van der Waals surface area contributed by atoms with Gasteiger partial charge >= 0.3 is 0 Å². The molecule has 0 fully saturated rings. The molecular weight excluding hydrogens is 190 g/mol. The van der Waals surface area contributed by atoms with Gasteiger partial charge in [-0.15, -0.1) is 0 Å². The summed E-state index contributed by atoms with van der Waals surface area (Å²) in [5, 5.41) is 5.29. The van der Waals surface area contributed by atoms with Gasteiger partial charge in [-0.05, 0) is 26.3 Å². The Kier molecular flexibility index (Phi) is 2.07. The minimum atomic E-state index is 0.0464. The van der Waals surface area contributed by atoms with E-state index in [0.29, 0.717) is 5.56 Å². The Labute approximate surface area is 87.9 Å². The van der Waals surface area contributed by atoms with E-state index in [1.165, 1.54) is 0 Å². The summed E-state index contributed by atoms with van der Waals surface area (Å²) < 4.78 is 1.74. The Morgan fingerprint density at radius 1 is 1.40 bits per heavy atom. The van der Waals surface area contributed by atoms with Crippen molar-refractivity contribution in [2.45, 2.75) is 20.8 Å². The van der Waals surface area contributed by atoms with Crippen LogP contribution in [0.2, 0.25) is 0 Å². The molecular formula is C11H13N3O. The average Bonchev–Trinajstić information content (AvgIpc) is 2.43. The zero-order chi connectivity index (χ0) is 11.2. The molecule has 0 atom stereocenters. The molecule has 0 bridgehead atoms. The van der Waals surface area contributed by atoms with E-state index in [9.17, 15) is 4.79 Å². The Bertz CT molecular complexity index is 554. The second kappa shape index (κ2) is 3.15. The molecule has 0 aromatic carbocycles. The fourth-order valence-electron chi connectivity index (χ4n) is 1.95. The van der Waals surface area contributed by atoms with Crippen LogP contribution in [-0.4, -0.2) is 20.5 Å². The van der Waals surface area contributed by atoms with Gasteiger partial charge in [0.2, 0.25) is 0 Å². The fourth-order valence-corrected chi connectivity index (χ4v) is 1.95. The third-order valence-corrected chi connectivity index (χ3v) is 2.67. The molecule has 2 aromatic rings. The molecule has 78 valence electrons. The molecule has 2 rings (SSSR count). The number of rotatable bonds is 1. The van der Waals surface area contributed by atoms with Gasteiger partial charge in [0, 0.05) is 24.2 Å². The van der Waals surface area contributed by atoms with E-state index in [1.54, 1.807) is 17.8 Å². The number of fused-ring (bicyclic) bond motifs is 1. The number of hydrogen-bond donors (Lipinski definition) is 0. The van der Waals surface area contributed by atoms with E-state index in [-0.39, 0.29) is 5.78 Å². The van der Waals surface area contributed by atoms with Crippen LogP contribution in [0.1, 0.15) is 28.5 Å². The van der Waals surface area contributed by atoms with Crippen LogP contribution >= 0.6 is 0 Å².